The van der Waals surface area contributed by atoms with Gasteiger partial charge in [0.25, 0.3) is 5.91 Å². The Kier molecular flexibility index (Phi) is 4.88. The van der Waals surface area contributed by atoms with Crippen molar-refractivity contribution in [2.45, 2.75) is 31.1 Å². The van der Waals surface area contributed by atoms with Crippen molar-refractivity contribution >= 4 is 44.8 Å². The highest BCUT2D eigenvalue weighted by molar-refractivity contribution is 9.11. The van der Waals surface area contributed by atoms with Gasteiger partial charge in [0.05, 0.1) is 9.35 Å². The van der Waals surface area contributed by atoms with Crippen LogP contribution in [-0.4, -0.2) is 17.8 Å². The van der Waals surface area contributed by atoms with Crippen LogP contribution in [-0.2, 0) is 0 Å². The summed E-state index contributed by atoms with van der Waals surface area (Å²) >= 11 is 11.0. The van der Waals surface area contributed by atoms with Crippen LogP contribution in [0.5, 0.6) is 0 Å². The molecular formula is C12H15BrClNOS. The molecule has 0 saturated heterocycles. The van der Waals surface area contributed by atoms with Gasteiger partial charge in [0.1, 0.15) is 0 Å². The number of nitrogens with one attached hydrogen (secondary N) is 1. The molecule has 1 aliphatic rings. The van der Waals surface area contributed by atoms with Crippen LogP contribution in [0.4, 0.5) is 0 Å². The largest absolute Gasteiger partial charge is 0.352 e. The van der Waals surface area contributed by atoms with E-state index >= 15 is 0 Å². The van der Waals surface area contributed by atoms with Crippen LogP contribution in [0, 0.1) is 5.92 Å². The summed E-state index contributed by atoms with van der Waals surface area (Å²) in [5.41, 5.74) is 0.736. The summed E-state index contributed by atoms with van der Waals surface area (Å²) in [6.45, 7) is 0.746. The van der Waals surface area contributed by atoms with Gasteiger partial charge in [-0.05, 0) is 47.2 Å². The van der Waals surface area contributed by atoms with E-state index in [2.05, 4.69) is 21.2 Å². The summed E-state index contributed by atoms with van der Waals surface area (Å²) in [5, 5.41) is 5.15. The third kappa shape index (κ3) is 3.97. The van der Waals surface area contributed by atoms with Gasteiger partial charge in [-0.25, -0.2) is 0 Å². The molecule has 1 aliphatic carbocycles. The van der Waals surface area contributed by atoms with Crippen LogP contribution in [0.3, 0.4) is 0 Å². The molecule has 94 valence electrons. The Labute approximate surface area is 119 Å². The predicted octanol–water partition coefficient (Wildman–Crippen LogP) is 4.04. The Hall–Kier alpha value is -0.0600. The van der Waals surface area contributed by atoms with Crippen molar-refractivity contribution in [3.63, 3.8) is 0 Å². The Bertz CT molecular complexity index is 396. The highest BCUT2D eigenvalue weighted by Gasteiger charge is 2.20. The summed E-state index contributed by atoms with van der Waals surface area (Å²) in [6, 6.07) is 1.85. The summed E-state index contributed by atoms with van der Waals surface area (Å²) in [7, 11) is 0. The molecule has 0 bridgehead atoms. The van der Waals surface area contributed by atoms with Gasteiger partial charge in [-0.3, -0.25) is 4.79 Å². The fourth-order valence-electron chi connectivity index (χ4n) is 2.18. The van der Waals surface area contributed by atoms with E-state index < -0.39 is 0 Å². The Balaban J connectivity index is 1.80. The molecule has 2 unspecified atom stereocenters. The molecule has 0 radical (unpaired) electrons. The van der Waals surface area contributed by atoms with Gasteiger partial charge in [-0.2, -0.15) is 0 Å². The second-order valence-corrected chi connectivity index (χ2v) is 7.39. The lowest BCUT2D eigenvalue weighted by Crippen LogP contribution is -2.31. The average molecular weight is 337 g/mol. The molecule has 1 fully saturated rings. The number of halogens is 2. The van der Waals surface area contributed by atoms with E-state index in [-0.39, 0.29) is 5.91 Å². The molecule has 0 aromatic carbocycles. The zero-order valence-electron chi connectivity index (χ0n) is 9.42. The van der Waals surface area contributed by atoms with Crippen LogP contribution < -0.4 is 5.32 Å². The Morgan fingerprint density at radius 3 is 3.06 bits per heavy atom. The van der Waals surface area contributed by atoms with E-state index in [1.54, 1.807) is 0 Å². The highest BCUT2D eigenvalue weighted by atomic mass is 79.9. The number of thiophene rings is 1. The van der Waals surface area contributed by atoms with Gasteiger partial charge in [0.2, 0.25) is 0 Å². The van der Waals surface area contributed by atoms with E-state index in [4.69, 9.17) is 11.6 Å². The van der Waals surface area contributed by atoms with E-state index in [0.29, 0.717) is 11.3 Å². The Morgan fingerprint density at radius 2 is 2.41 bits per heavy atom. The van der Waals surface area contributed by atoms with Crippen LogP contribution in [0.2, 0.25) is 0 Å². The van der Waals surface area contributed by atoms with Crippen LogP contribution in [0.15, 0.2) is 15.2 Å². The predicted molar refractivity (Wildman–Crippen MR) is 76.0 cm³/mol. The third-order valence-corrected chi connectivity index (χ3v) is 5.00. The first kappa shape index (κ1) is 13.4. The lowest BCUT2D eigenvalue weighted by atomic mass is 9.89. The standard InChI is InChI=1S/C12H15BrClNOS/c13-11-5-9(7-17-11)12(16)15-6-8-2-1-3-10(14)4-8/h5,7-8,10H,1-4,6H2,(H,15,16). The molecule has 1 amide bonds. The zero-order valence-corrected chi connectivity index (χ0v) is 12.6. The maximum Gasteiger partial charge on any atom is 0.252 e. The molecule has 17 heavy (non-hydrogen) atoms. The van der Waals surface area contributed by atoms with Crippen molar-refractivity contribution < 1.29 is 4.79 Å². The van der Waals surface area contributed by atoms with Gasteiger partial charge < -0.3 is 5.32 Å². The molecule has 0 spiro atoms. The average Bonchev–Trinajstić information content (AvgIpc) is 2.73. The molecular weight excluding hydrogens is 322 g/mol. The summed E-state index contributed by atoms with van der Waals surface area (Å²) in [6.07, 6.45) is 4.49. The number of alkyl halides is 1. The van der Waals surface area contributed by atoms with Gasteiger partial charge in [0.15, 0.2) is 0 Å². The summed E-state index contributed by atoms with van der Waals surface area (Å²) in [5.74, 6) is 0.556. The quantitative estimate of drug-likeness (QED) is 0.829. The highest BCUT2D eigenvalue weighted by Crippen LogP contribution is 2.27. The lowest BCUT2D eigenvalue weighted by molar-refractivity contribution is 0.0944. The number of carbonyl (C=O) groups excluding carboxylic acids is 1. The van der Waals surface area contributed by atoms with Crippen molar-refractivity contribution in [3.05, 3.63) is 20.8 Å². The van der Waals surface area contributed by atoms with Crippen molar-refractivity contribution in [1.29, 1.82) is 0 Å². The summed E-state index contributed by atoms with van der Waals surface area (Å²) < 4.78 is 0.987. The van der Waals surface area contributed by atoms with E-state index in [9.17, 15) is 4.79 Å². The molecule has 1 heterocycles. The number of amides is 1. The minimum Gasteiger partial charge on any atom is -0.352 e. The minimum absolute atomic E-state index is 0.0173. The molecule has 1 aromatic heterocycles. The second-order valence-electron chi connectivity index (χ2n) is 4.48. The number of carbonyl (C=O) groups is 1. The maximum atomic E-state index is 11.8. The molecule has 0 aliphatic heterocycles. The monoisotopic (exact) mass is 335 g/mol. The van der Waals surface area contributed by atoms with E-state index in [0.717, 1.165) is 28.7 Å². The normalized spacial score (nSPS) is 24.6. The second kappa shape index (κ2) is 6.21. The van der Waals surface area contributed by atoms with Crippen molar-refractivity contribution in [2.24, 2.45) is 5.92 Å². The zero-order chi connectivity index (χ0) is 12.3. The maximum absolute atomic E-state index is 11.8. The number of hydrogen-bond donors (Lipinski definition) is 1. The molecule has 2 rings (SSSR count). The van der Waals surface area contributed by atoms with Gasteiger partial charge in [-0.15, -0.1) is 22.9 Å². The SMILES string of the molecule is O=C(NCC1CCCC(Cl)C1)c1csc(Br)c1. The molecule has 5 heteroatoms. The first-order valence-electron chi connectivity index (χ1n) is 5.81. The van der Waals surface area contributed by atoms with Crippen LogP contribution in [0.1, 0.15) is 36.0 Å². The molecule has 1 saturated carbocycles. The first-order chi connectivity index (χ1) is 8.15. The third-order valence-electron chi connectivity index (χ3n) is 3.10. The van der Waals surface area contributed by atoms with Crippen molar-refractivity contribution in [1.82, 2.24) is 5.32 Å². The van der Waals surface area contributed by atoms with Crippen molar-refractivity contribution in [3.8, 4) is 0 Å². The van der Waals surface area contributed by atoms with Gasteiger partial charge in [-0.1, -0.05) is 6.42 Å². The lowest BCUT2D eigenvalue weighted by Gasteiger charge is -2.25. The number of hydrogen-bond acceptors (Lipinski definition) is 2. The minimum atomic E-state index is 0.0173. The fraction of sp³-hybridized carbons (Fsp3) is 0.583. The molecule has 1 aromatic rings. The summed E-state index contributed by atoms with van der Waals surface area (Å²) in [4.78, 5) is 11.8. The topological polar surface area (TPSA) is 29.1 Å². The molecule has 2 nitrogen and oxygen atoms in total. The van der Waals surface area contributed by atoms with Gasteiger partial charge in [0, 0.05) is 17.3 Å². The number of rotatable bonds is 3. The van der Waals surface area contributed by atoms with Crippen LogP contribution >= 0.6 is 38.9 Å². The van der Waals surface area contributed by atoms with Gasteiger partial charge >= 0.3 is 0 Å². The smallest absolute Gasteiger partial charge is 0.252 e. The fourth-order valence-corrected chi connectivity index (χ4v) is 3.72. The van der Waals surface area contributed by atoms with Crippen molar-refractivity contribution in [2.75, 3.05) is 6.54 Å². The first-order valence-corrected chi connectivity index (χ1v) is 7.92. The van der Waals surface area contributed by atoms with E-state index in [1.165, 1.54) is 24.2 Å². The van der Waals surface area contributed by atoms with E-state index in [1.807, 2.05) is 11.4 Å². The van der Waals surface area contributed by atoms with Crippen LogP contribution in [0.25, 0.3) is 0 Å². The Morgan fingerprint density at radius 1 is 1.59 bits per heavy atom. The molecule has 2 atom stereocenters. The molecule has 1 N–H and O–H groups in total.